The van der Waals surface area contributed by atoms with E-state index in [9.17, 15) is 0 Å². The molecule has 0 aromatic carbocycles. The number of likely N-dealkylation sites (tertiary alicyclic amines) is 1. The van der Waals surface area contributed by atoms with Crippen molar-refractivity contribution in [1.82, 2.24) is 4.90 Å². The molecule has 0 radical (unpaired) electrons. The normalized spacial score (nSPS) is 41.5. The van der Waals surface area contributed by atoms with Gasteiger partial charge in [-0.2, -0.15) is 0 Å². The average molecular weight is 184 g/mol. The van der Waals surface area contributed by atoms with Gasteiger partial charge in [-0.25, -0.2) is 0 Å². The van der Waals surface area contributed by atoms with Gasteiger partial charge in [0.05, 0.1) is 6.61 Å². The molecule has 0 saturated carbocycles. The van der Waals surface area contributed by atoms with Gasteiger partial charge in [0.15, 0.2) is 0 Å². The molecule has 0 aromatic rings. The first kappa shape index (κ1) is 9.44. The van der Waals surface area contributed by atoms with Gasteiger partial charge in [0.2, 0.25) is 0 Å². The summed E-state index contributed by atoms with van der Waals surface area (Å²) in [5.74, 6) is 0.683. The molecule has 3 atom stereocenters. The quantitative estimate of drug-likeness (QED) is 0.677. The van der Waals surface area contributed by atoms with Gasteiger partial charge >= 0.3 is 0 Å². The molecule has 2 aliphatic rings. The van der Waals surface area contributed by atoms with Crippen molar-refractivity contribution in [2.24, 2.45) is 11.7 Å². The van der Waals surface area contributed by atoms with Crippen LogP contribution in [0.1, 0.15) is 19.8 Å². The molecule has 2 saturated heterocycles. The molecule has 3 heteroatoms. The SMILES string of the molecule is CC1COCCC1N1CCC1CN. The molecule has 13 heavy (non-hydrogen) atoms. The monoisotopic (exact) mass is 184 g/mol. The Morgan fingerprint density at radius 2 is 2.31 bits per heavy atom. The molecule has 0 spiro atoms. The second kappa shape index (κ2) is 3.95. The molecule has 0 bridgehead atoms. The zero-order valence-electron chi connectivity index (χ0n) is 8.41. The predicted octanol–water partition coefficient (Wildman–Crippen LogP) is 0.444. The van der Waals surface area contributed by atoms with Crippen LogP contribution in [0.25, 0.3) is 0 Å². The molecule has 0 aliphatic carbocycles. The van der Waals surface area contributed by atoms with Crippen molar-refractivity contribution in [3.8, 4) is 0 Å². The maximum absolute atomic E-state index is 5.70. The standard InChI is InChI=1S/C10H20N2O/c1-8-7-13-5-3-10(8)12-4-2-9(12)6-11/h8-10H,2-7,11H2,1H3. The number of rotatable bonds is 2. The van der Waals surface area contributed by atoms with E-state index in [0.29, 0.717) is 12.0 Å². The molecule has 76 valence electrons. The second-order valence-corrected chi connectivity index (χ2v) is 4.32. The minimum absolute atomic E-state index is 0.658. The molecule has 2 aliphatic heterocycles. The van der Waals surface area contributed by atoms with Crippen LogP contribution in [0, 0.1) is 5.92 Å². The Hall–Kier alpha value is -0.120. The molecule has 0 aromatic heterocycles. The fraction of sp³-hybridized carbons (Fsp3) is 1.00. The summed E-state index contributed by atoms with van der Waals surface area (Å²) in [5.41, 5.74) is 5.70. The highest BCUT2D eigenvalue weighted by molar-refractivity contribution is 4.91. The predicted molar refractivity (Wildman–Crippen MR) is 52.6 cm³/mol. The summed E-state index contributed by atoms with van der Waals surface area (Å²) in [5, 5.41) is 0. The maximum atomic E-state index is 5.70. The molecule has 0 amide bonds. The minimum atomic E-state index is 0.658. The van der Waals surface area contributed by atoms with Crippen molar-refractivity contribution in [1.29, 1.82) is 0 Å². The Bertz CT molecular complexity index is 172. The zero-order valence-corrected chi connectivity index (χ0v) is 8.41. The van der Waals surface area contributed by atoms with Crippen molar-refractivity contribution in [2.45, 2.75) is 31.8 Å². The summed E-state index contributed by atoms with van der Waals surface area (Å²) >= 11 is 0. The highest BCUT2D eigenvalue weighted by atomic mass is 16.5. The number of ether oxygens (including phenoxy) is 1. The summed E-state index contributed by atoms with van der Waals surface area (Å²) in [6.07, 6.45) is 2.48. The van der Waals surface area contributed by atoms with Crippen LogP contribution in [-0.4, -0.2) is 43.3 Å². The van der Waals surface area contributed by atoms with E-state index in [1.165, 1.54) is 19.4 Å². The van der Waals surface area contributed by atoms with Gasteiger partial charge in [-0.3, -0.25) is 4.90 Å². The maximum Gasteiger partial charge on any atom is 0.0506 e. The van der Waals surface area contributed by atoms with E-state index in [2.05, 4.69) is 11.8 Å². The van der Waals surface area contributed by atoms with E-state index in [1.54, 1.807) is 0 Å². The highest BCUT2D eigenvalue weighted by Gasteiger charge is 2.36. The third-order valence-electron chi connectivity index (χ3n) is 3.48. The summed E-state index contributed by atoms with van der Waals surface area (Å²) in [6, 6.07) is 1.39. The Morgan fingerprint density at radius 1 is 1.46 bits per heavy atom. The first-order valence-corrected chi connectivity index (χ1v) is 5.36. The van der Waals surface area contributed by atoms with Crippen molar-refractivity contribution in [3.05, 3.63) is 0 Å². The highest BCUT2D eigenvalue weighted by Crippen LogP contribution is 2.28. The Labute approximate surface area is 80.2 Å². The summed E-state index contributed by atoms with van der Waals surface area (Å²) in [4.78, 5) is 2.58. The van der Waals surface area contributed by atoms with Crippen molar-refractivity contribution in [3.63, 3.8) is 0 Å². The van der Waals surface area contributed by atoms with Crippen molar-refractivity contribution in [2.75, 3.05) is 26.3 Å². The lowest BCUT2D eigenvalue weighted by Gasteiger charge is -2.49. The molecule has 2 rings (SSSR count). The second-order valence-electron chi connectivity index (χ2n) is 4.32. The van der Waals surface area contributed by atoms with Gasteiger partial charge in [0.1, 0.15) is 0 Å². The number of hydrogen-bond acceptors (Lipinski definition) is 3. The zero-order chi connectivity index (χ0) is 9.26. The fourth-order valence-corrected chi connectivity index (χ4v) is 2.51. The molecule has 2 N–H and O–H groups in total. The van der Waals surface area contributed by atoms with Gasteiger partial charge in [-0.05, 0) is 18.8 Å². The fourth-order valence-electron chi connectivity index (χ4n) is 2.51. The van der Waals surface area contributed by atoms with Crippen molar-refractivity contribution >= 4 is 0 Å². The Morgan fingerprint density at radius 3 is 2.85 bits per heavy atom. The van der Waals surface area contributed by atoms with Crippen LogP contribution in [0.4, 0.5) is 0 Å². The Kier molecular flexibility index (Phi) is 2.86. The van der Waals surface area contributed by atoms with E-state index in [-0.39, 0.29) is 0 Å². The van der Waals surface area contributed by atoms with E-state index >= 15 is 0 Å². The van der Waals surface area contributed by atoms with E-state index in [1.807, 2.05) is 0 Å². The Balaban J connectivity index is 1.91. The summed E-state index contributed by atoms with van der Waals surface area (Å²) in [7, 11) is 0. The van der Waals surface area contributed by atoms with Crippen LogP contribution in [0.5, 0.6) is 0 Å². The number of hydrogen-bond donors (Lipinski definition) is 1. The summed E-state index contributed by atoms with van der Waals surface area (Å²) < 4.78 is 5.44. The van der Waals surface area contributed by atoms with E-state index in [0.717, 1.165) is 25.8 Å². The average Bonchev–Trinajstić information content (AvgIpc) is 2.08. The third kappa shape index (κ3) is 1.73. The van der Waals surface area contributed by atoms with Gasteiger partial charge in [-0.1, -0.05) is 6.92 Å². The summed E-state index contributed by atoms with van der Waals surface area (Å²) in [6.45, 7) is 6.22. The van der Waals surface area contributed by atoms with Crippen molar-refractivity contribution < 1.29 is 4.74 Å². The third-order valence-corrected chi connectivity index (χ3v) is 3.48. The first-order valence-electron chi connectivity index (χ1n) is 5.36. The lowest BCUT2D eigenvalue weighted by molar-refractivity contribution is -0.0519. The number of nitrogens with zero attached hydrogens (tertiary/aromatic N) is 1. The molecular weight excluding hydrogens is 164 g/mol. The lowest BCUT2D eigenvalue weighted by atomic mass is 9.90. The molecular formula is C10H20N2O. The topological polar surface area (TPSA) is 38.5 Å². The van der Waals surface area contributed by atoms with Crippen LogP contribution >= 0.6 is 0 Å². The van der Waals surface area contributed by atoms with Gasteiger partial charge in [-0.15, -0.1) is 0 Å². The van der Waals surface area contributed by atoms with Crippen LogP contribution in [0.3, 0.4) is 0 Å². The van der Waals surface area contributed by atoms with Crippen LogP contribution < -0.4 is 5.73 Å². The van der Waals surface area contributed by atoms with E-state index in [4.69, 9.17) is 10.5 Å². The largest absolute Gasteiger partial charge is 0.381 e. The van der Waals surface area contributed by atoms with Crippen LogP contribution in [0.15, 0.2) is 0 Å². The number of nitrogens with two attached hydrogens (primary N) is 1. The lowest BCUT2D eigenvalue weighted by Crippen LogP contribution is -2.59. The van der Waals surface area contributed by atoms with E-state index < -0.39 is 0 Å². The molecule has 2 fully saturated rings. The van der Waals surface area contributed by atoms with Gasteiger partial charge in [0, 0.05) is 31.8 Å². The molecule has 2 heterocycles. The minimum Gasteiger partial charge on any atom is -0.381 e. The smallest absolute Gasteiger partial charge is 0.0506 e. The van der Waals surface area contributed by atoms with Gasteiger partial charge in [0.25, 0.3) is 0 Å². The molecule has 3 nitrogen and oxygen atoms in total. The van der Waals surface area contributed by atoms with Crippen LogP contribution in [0.2, 0.25) is 0 Å². The first-order chi connectivity index (χ1) is 6.33. The molecule has 3 unspecified atom stereocenters. The van der Waals surface area contributed by atoms with Gasteiger partial charge < -0.3 is 10.5 Å². The van der Waals surface area contributed by atoms with Crippen LogP contribution in [-0.2, 0) is 4.74 Å².